The van der Waals surface area contributed by atoms with Crippen molar-refractivity contribution in [1.29, 1.82) is 0 Å². The van der Waals surface area contributed by atoms with Gasteiger partial charge >= 0.3 is 0 Å². The number of aromatic nitrogens is 2. The van der Waals surface area contributed by atoms with Crippen LogP contribution in [0.2, 0.25) is 0 Å². The van der Waals surface area contributed by atoms with Crippen LogP contribution in [0.1, 0.15) is 43.2 Å². The molecule has 0 unspecified atom stereocenters. The van der Waals surface area contributed by atoms with Crippen LogP contribution in [0.25, 0.3) is 66.1 Å². The van der Waals surface area contributed by atoms with Gasteiger partial charge in [0.15, 0.2) is 0 Å². The number of hydrogen-bond acceptors (Lipinski definition) is 1. The normalized spacial score (nSPS) is 22.2. The van der Waals surface area contributed by atoms with E-state index in [1.54, 1.807) is 11.1 Å². The summed E-state index contributed by atoms with van der Waals surface area (Å²) in [4.78, 5) is 2.51. The average molecular weight is 784 g/mol. The zero-order chi connectivity index (χ0) is 39.8. The molecule has 4 bridgehead atoms. The standard InChI is InChI=1S/C58H45N3/c1-2-12-41(13-3-1)60-56-21-11-7-17-49(56)51-36-45(27-29-57(51)60)59(42-22-24-43(25-23-42)61-54-19-9-5-15-47(54)48-16-6-10-20-55(48)61)44-26-28-53-50(35-44)46-14-4-8-18-52(46)58(53)39-31-37-30-38(33-39)34-40(58)32-37/h1-29,35-40H,30-34H2. The summed E-state index contributed by atoms with van der Waals surface area (Å²) < 4.78 is 4.83. The van der Waals surface area contributed by atoms with Gasteiger partial charge < -0.3 is 14.0 Å². The number of rotatable bonds is 5. The summed E-state index contributed by atoms with van der Waals surface area (Å²) in [7, 11) is 0. The lowest BCUT2D eigenvalue weighted by atomic mass is 9.43. The molecule has 4 saturated carbocycles. The van der Waals surface area contributed by atoms with Gasteiger partial charge in [-0.25, -0.2) is 0 Å². The van der Waals surface area contributed by atoms with Crippen molar-refractivity contribution in [1.82, 2.24) is 9.13 Å². The lowest BCUT2D eigenvalue weighted by Crippen LogP contribution is -2.55. The minimum Gasteiger partial charge on any atom is -0.310 e. The summed E-state index contributed by atoms with van der Waals surface area (Å²) in [6.07, 6.45) is 7.04. The molecule has 61 heavy (non-hydrogen) atoms. The van der Waals surface area contributed by atoms with E-state index in [2.05, 4.69) is 202 Å². The van der Waals surface area contributed by atoms with E-state index in [9.17, 15) is 0 Å². The third-order valence-corrected chi connectivity index (χ3v) is 15.7. The molecule has 292 valence electrons. The topological polar surface area (TPSA) is 13.1 Å². The Hall–Kier alpha value is -6.84. The van der Waals surface area contributed by atoms with Crippen molar-refractivity contribution in [2.45, 2.75) is 37.5 Å². The van der Waals surface area contributed by atoms with Gasteiger partial charge in [0, 0.05) is 55.4 Å². The molecule has 0 atom stereocenters. The number of benzene rings is 8. The van der Waals surface area contributed by atoms with E-state index in [-0.39, 0.29) is 5.41 Å². The molecule has 10 aromatic rings. The molecule has 5 aliphatic carbocycles. The molecule has 0 saturated heterocycles. The van der Waals surface area contributed by atoms with Gasteiger partial charge in [0.1, 0.15) is 0 Å². The lowest BCUT2D eigenvalue weighted by molar-refractivity contribution is -0.0399. The Morgan fingerprint density at radius 2 is 0.836 bits per heavy atom. The second kappa shape index (κ2) is 12.6. The zero-order valence-corrected chi connectivity index (χ0v) is 34.1. The van der Waals surface area contributed by atoms with Gasteiger partial charge in [0.2, 0.25) is 0 Å². The average Bonchev–Trinajstić information content (AvgIpc) is 3.93. The van der Waals surface area contributed by atoms with E-state index in [4.69, 9.17) is 0 Å². The predicted molar refractivity (Wildman–Crippen MR) is 253 cm³/mol. The molecule has 0 amide bonds. The Labute approximate surface area is 356 Å². The second-order valence-corrected chi connectivity index (χ2v) is 18.6. The van der Waals surface area contributed by atoms with E-state index < -0.39 is 0 Å². The van der Waals surface area contributed by atoms with Crippen molar-refractivity contribution >= 4 is 60.7 Å². The molecule has 3 heteroatoms. The van der Waals surface area contributed by atoms with Crippen molar-refractivity contribution < 1.29 is 0 Å². The molecule has 0 radical (unpaired) electrons. The van der Waals surface area contributed by atoms with Crippen LogP contribution in [0.4, 0.5) is 17.1 Å². The molecule has 3 nitrogen and oxygen atoms in total. The second-order valence-electron chi connectivity index (χ2n) is 18.6. The van der Waals surface area contributed by atoms with Crippen molar-refractivity contribution in [3.05, 3.63) is 199 Å². The van der Waals surface area contributed by atoms with Crippen LogP contribution in [-0.2, 0) is 5.41 Å². The van der Waals surface area contributed by atoms with Crippen molar-refractivity contribution in [3.63, 3.8) is 0 Å². The maximum absolute atomic E-state index is 2.56. The summed E-state index contributed by atoms with van der Waals surface area (Å²) in [6.45, 7) is 0. The maximum Gasteiger partial charge on any atom is 0.0542 e. The summed E-state index contributed by atoms with van der Waals surface area (Å²) in [5, 5.41) is 5.07. The van der Waals surface area contributed by atoms with E-state index in [1.165, 1.54) is 98.2 Å². The number of nitrogens with zero attached hydrogens (tertiary/aromatic N) is 3. The minimum absolute atomic E-state index is 0.144. The highest BCUT2D eigenvalue weighted by atomic mass is 15.1. The molecule has 4 fully saturated rings. The molecule has 0 N–H and O–H groups in total. The molecule has 15 rings (SSSR count). The Morgan fingerprint density at radius 1 is 0.361 bits per heavy atom. The van der Waals surface area contributed by atoms with Crippen LogP contribution in [0.15, 0.2) is 188 Å². The third-order valence-electron chi connectivity index (χ3n) is 15.7. The fraction of sp³-hybridized carbons (Fsp3) is 0.172. The minimum atomic E-state index is 0.144. The van der Waals surface area contributed by atoms with Crippen molar-refractivity contribution in [2.75, 3.05) is 4.90 Å². The molecular weight excluding hydrogens is 739 g/mol. The zero-order valence-electron chi connectivity index (χ0n) is 34.1. The van der Waals surface area contributed by atoms with E-state index in [0.717, 1.165) is 40.7 Å². The van der Waals surface area contributed by atoms with Crippen LogP contribution in [0, 0.1) is 23.7 Å². The van der Waals surface area contributed by atoms with Gasteiger partial charge in [0.05, 0.1) is 22.1 Å². The molecule has 2 aromatic heterocycles. The first-order chi connectivity index (χ1) is 30.2. The van der Waals surface area contributed by atoms with Crippen molar-refractivity contribution in [3.8, 4) is 22.5 Å². The van der Waals surface area contributed by atoms with Crippen LogP contribution < -0.4 is 4.90 Å². The van der Waals surface area contributed by atoms with Crippen LogP contribution in [0.5, 0.6) is 0 Å². The van der Waals surface area contributed by atoms with E-state index in [1.807, 2.05) is 0 Å². The molecule has 1 spiro atoms. The highest BCUT2D eigenvalue weighted by Crippen LogP contribution is 2.69. The summed E-state index contributed by atoms with van der Waals surface area (Å²) in [5.74, 6) is 3.33. The van der Waals surface area contributed by atoms with E-state index in [0.29, 0.717) is 0 Å². The van der Waals surface area contributed by atoms with Gasteiger partial charge in [-0.3, -0.25) is 0 Å². The van der Waals surface area contributed by atoms with Crippen LogP contribution >= 0.6 is 0 Å². The first-order valence-corrected chi connectivity index (χ1v) is 22.4. The first kappa shape index (κ1) is 33.9. The number of anilines is 3. The predicted octanol–water partition coefficient (Wildman–Crippen LogP) is 15.1. The van der Waals surface area contributed by atoms with E-state index >= 15 is 0 Å². The third kappa shape index (κ3) is 4.64. The molecular formula is C58H45N3. The van der Waals surface area contributed by atoms with Crippen molar-refractivity contribution in [2.24, 2.45) is 23.7 Å². The fourth-order valence-electron chi connectivity index (χ4n) is 13.6. The quantitative estimate of drug-likeness (QED) is 0.169. The molecule has 0 aliphatic heterocycles. The van der Waals surface area contributed by atoms with Gasteiger partial charge in [0.25, 0.3) is 0 Å². The first-order valence-electron chi connectivity index (χ1n) is 22.4. The highest BCUT2D eigenvalue weighted by Gasteiger charge is 2.61. The maximum atomic E-state index is 2.56. The monoisotopic (exact) mass is 783 g/mol. The highest BCUT2D eigenvalue weighted by molar-refractivity contribution is 6.11. The largest absolute Gasteiger partial charge is 0.310 e. The lowest BCUT2D eigenvalue weighted by Gasteiger charge is -2.61. The van der Waals surface area contributed by atoms with Crippen LogP contribution in [0.3, 0.4) is 0 Å². The summed E-state index contributed by atoms with van der Waals surface area (Å²) in [5.41, 5.74) is 17.0. The number of fused-ring (bicyclic) bond motifs is 9. The summed E-state index contributed by atoms with van der Waals surface area (Å²) >= 11 is 0. The van der Waals surface area contributed by atoms with Gasteiger partial charge in [-0.2, -0.15) is 0 Å². The SMILES string of the molecule is c1ccc(-n2c3ccccc3c3cc(N(c4ccc(-n5c6ccccc6c6ccccc65)cc4)c4ccc5c(c4)-c4ccccc4C54C5CC6CC(C5)CC4C6)ccc32)cc1. The number of hydrogen-bond donors (Lipinski definition) is 0. The van der Waals surface area contributed by atoms with Gasteiger partial charge in [-0.1, -0.05) is 103 Å². The Balaban J connectivity index is 0.973. The summed E-state index contributed by atoms with van der Waals surface area (Å²) in [6, 6.07) is 70.7. The Bertz CT molecular complexity index is 3300. The van der Waals surface area contributed by atoms with Gasteiger partial charge in [-0.15, -0.1) is 0 Å². The van der Waals surface area contributed by atoms with Crippen LogP contribution in [-0.4, -0.2) is 9.13 Å². The smallest absolute Gasteiger partial charge is 0.0542 e. The number of para-hydroxylation sites is 4. The Morgan fingerprint density at radius 3 is 1.49 bits per heavy atom. The molecule has 2 heterocycles. The Kier molecular flexibility index (Phi) is 7.01. The molecule has 8 aromatic carbocycles. The molecule has 5 aliphatic rings. The fourth-order valence-corrected chi connectivity index (χ4v) is 13.6. The van der Waals surface area contributed by atoms with Gasteiger partial charge in [-0.05, 0) is 163 Å².